The Morgan fingerprint density at radius 2 is 1.58 bits per heavy atom. The van der Waals surface area contributed by atoms with Crippen LogP contribution in [0.5, 0.6) is 5.75 Å². The van der Waals surface area contributed by atoms with Crippen LogP contribution in [-0.4, -0.2) is 35.6 Å². The maximum atomic E-state index is 6.99. The SMILES string of the molecule is C=NC(=NC(=NCC1=CC2Oc3c(cccc3-n3c4c(c5ccccc53)C=CC(c3ccccc3)C4)C2C=C1)c1cccc(-c2ccccc2)c1)C1C=CC=CC1. The first-order valence-electron chi connectivity index (χ1n) is 19.8. The maximum Gasteiger partial charge on any atom is 0.157 e. The van der Waals surface area contributed by atoms with Crippen LogP contribution >= 0.6 is 0 Å². The number of hydrogen-bond acceptors (Lipinski definition) is 2. The van der Waals surface area contributed by atoms with E-state index in [2.05, 4.69) is 186 Å². The van der Waals surface area contributed by atoms with Gasteiger partial charge >= 0.3 is 0 Å². The van der Waals surface area contributed by atoms with Gasteiger partial charge in [0.05, 0.1) is 17.7 Å². The highest BCUT2D eigenvalue weighted by atomic mass is 16.5. The molecular weight excluding hydrogens is 697 g/mol. The number of allylic oxidation sites excluding steroid dienone is 4. The van der Waals surface area contributed by atoms with Crippen molar-refractivity contribution in [3.63, 3.8) is 0 Å². The van der Waals surface area contributed by atoms with Gasteiger partial charge in [0.2, 0.25) is 0 Å². The van der Waals surface area contributed by atoms with E-state index in [-0.39, 0.29) is 17.9 Å². The van der Waals surface area contributed by atoms with Crippen molar-refractivity contribution in [2.24, 2.45) is 20.9 Å². The highest BCUT2D eigenvalue weighted by Gasteiger charge is 2.36. The summed E-state index contributed by atoms with van der Waals surface area (Å²) < 4.78 is 9.44. The van der Waals surface area contributed by atoms with Gasteiger partial charge in [-0.2, -0.15) is 0 Å². The van der Waals surface area contributed by atoms with Crippen LogP contribution in [0.15, 0.2) is 197 Å². The summed E-state index contributed by atoms with van der Waals surface area (Å²) in [6, 6.07) is 45.1. The summed E-state index contributed by atoms with van der Waals surface area (Å²) in [7, 11) is 0. The number of aliphatic imine (C=N–C) groups is 3. The maximum absolute atomic E-state index is 6.99. The molecule has 0 saturated carbocycles. The summed E-state index contributed by atoms with van der Waals surface area (Å²) >= 11 is 0. The Morgan fingerprint density at radius 1 is 0.772 bits per heavy atom. The van der Waals surface area contributed by atoms with E-state index in [4.69, 9.17) is 14.7 Å². The molecule has 5 aromatic carbocycles. The van der Waals surface area contributed by atoms with Gasteiger partial charge in [0.25, 0.3) is 0 Å². The first-order chi connectivity index (χ1) is 28.2. The minimum atomic E-state index is -0.135. The molecule has 1 aromatic heterocycles. The molecule has 0 fully saturated rings. The number of aromatic nitrogens is 1. The molecule has 0 spiro atoms. The van der Waals surface area contributed by atoms with Crippen LogP contribution in [0, 0.1) is 5.92 Å². The molecule has 0 radical (unpaired) electrons. The Hall–Kier alpha value is -6.85. The Bertz CT molecular complexity index is 2730. The number of fused-ring (bicyclic) bond motifs is 6. The van der Waals surface area contributed by atoms with Crippen LogP contribution in [0.4, 0.5) is 0 Å². The second-order valence-corrected chi connectivity index (χ2v) is 15.1. The Kier molecular flexibility index (Phi) is 9.11. The second-order valence-electron chi connectivity index (χ2n) is 15.1. The molecule has 57 heavy (non-hydrogen) atoms. The molecule has 0 saturated heterocycles. The summed E-state index contributed by atoms with van der Waals surface area (Å²) in [6.45, 7) is 4.35. The second kappa shape index (κ2) is 15.0. The molecule has 0 N–H and O–H groups in total. The van der Waals surface area contributed by atoms with Crippen molar-refractivity contribution in [1.29, 1.82) is 0 Å². The smallest absolute Gasteiger partial charge is 0.157 e. The molecule has 3 aliphatic carbocycles. The van der Waals surface area contributed by atoms with Gasteiger partial charge in [0, 0.05) is 45.5 Å². The van der Waals surface area contributed by atoms with Gasteiger partial charge in [-0.3, -0.25) is 4.99 Å². The van der Waals surface area contributed by atoms with E-state index in [1.54, 1.807) is 0 Å². The van der Waals surface area contributed by atoms with Crippen molar-refractivity contribution < 1.29 is 4.74 Å². The fourth-order valence-electron chi connectivity index (χ4n) is 8.79. The van der Waals surface area contributed by atoms with Gasteiger partial charge in [-0.1, -0.05) is 158 Å². The standard InChI is InChI=1S/C52H42N4O/c1-53-51(38-19-9-4-10-20-38)55-52(41-22-13-21-39(32-41)36-15-5-2-6-16-36)54-34-35-27-29-44-45-24-14-26-47(50(45)57-49(44)31-35)56-46-25-12-11-23-42(46)43-30-28-40(33-48(43)56)37-17-7-3-8-18-37/h2-19,21-32,38,40,44,49H,1,20,33-34H2. The highest BCUT2D eigenvalue weighted by molar-refractivity contribution is 6.08. The lowest BCUT2D eigenvalue weighted by atomic mass is 9.87. The molecule has 4 unspecified atom stereocenters. The van der Waals surface area contributed by atoms with Crippen LogP contribution in [0.3, 0.4) is 0 Å². The van der Waals surface area contributed by atoms with E-state index in [1.807, 2.05) is 12.1 Å². The van der Waals surface area contributed by atoms with Crippen molar-refractivity contribution in [1.82, 2.24) is 4.57 Å². The predicted octanol–water partition coefficient (Wildman–Crippen LogP) is 11.7. The van der Waals surface area contributed by atoms with Crippen molar-refractivity contribution in [2.75, 3.05) is 6.54 Å². The molecule has 276 valence electrons. The Morgan fingerprint density at radius 3 is 2.42 bits per heavy atom. The van der Waals surface area contributed by atoms with Crippen LogP contribution in [-0.2, 0) is 6.42 Å². The fourth-order valence-corrected chi connectivity index (χ4v) is 8.79. The van der Waals surface area contributed by atoms with E-state index in [0.29, 0.717) is 24.1 Å². The van der Waals surface area contributed by atoms with E-state index >= 15 is 0 Å². The molecule has 6 aromatic rings. The monoisotopic (exact) mass is 738 g/mol. The van der Waals surface area contributed by atoms with Gasteiger partial charge < -0.3 is 9.30 Å². The van der Waals surface area contributed by atoms with Gasteiger partial charge in [-0.25, -0.2) is 9.98 Å². The summed E-state index contributed by atoms with van der Waals surface area (Å²) in [5.74, 6) is 2.73. The molecule has 1 aliphatic heterocycles. The quantitative estimate of drug-likeness (QED) is 0.119. The average Bonchev–Trinajstić information content (AvgIpc) is 3.82. The number of ether oxygens (including phenoxy) is 1. The lowest BCUT2D eigenvalue weighted by Crippen LogP contribution is -2.18. The van der Waals surface area contributed by atoms with E-state index in [0.717, 1.165) is 46.5 Å². The van der Waals surface area contributed by atoms with Crippen LogP contribution in [0.25, 0.3) is 33.8 Å². The molecule has 4 aliphatic rings. The Balaban J connectivity index is 0.982. The van der Waals surface area contributed by atoms with Gasteiger partial charge in [0.15, 0.2) is 5.84 Å². The molecule has 0 amide bonds. The van der Waals surface area contributed by atoms with Crippen LogP contribution < -0.4 is 4.74 Å². The zero-order valence-corrected chi connectivity index (χ0v) is 31.7. The molecule has 2 heterocycles. The molecule has 10 rings (SSSR count). The summed E-state index contributed by atoms with van der Waals surface area (Å²) in [5.41, 5.74) is 11.7. The molecule has 5 heteroatoms. The zero-order chi connectivity index (χ0) is 38.1. The lowest BCUT2D eigenvalue weighted by Gasteiger charge is -2.21. The average molecular weight is 739 g/mol. The molecular formula is C52H42N4O. The van der Waals surface area contributed by atoms with Gasteiger partial charge in [-0.15, -0.1) is 0 Å². The highest BCUT2D eigenvalue weighted by Crippen LogP contribution is 2.48. The third-order valence-corrected chi connectivity index (χ3v) is 11.6. The van der Waals surface area contributed by atoms with E-state index in [1.165, 1.54) is 33.3 Å². The minimum Gasteiger partial charge on any atom is -0.483 e. The topological polar surface area (TPSA) is 51.2 Å². The largest absolute Gasteiger partial charge is 0.483 e. The fraction of sp³-hybridized carbons (Fsp3) is 0.135. The van der Waals surface area contributed by atoms with E-state index in [9.17, 15) is 0 Å². The third-order valence-electron chi connectivity index (χ3n) is 11.6. The minimum absolute atomic E-state index is 0.0485. The first-order valence-corrected chi connectivity index (χ1v) is 19.8. The number of benzene rings is 5. The number of para-hydroxylation sites is 2. The van der Waals surface area contributed by atoms with Crippen molar-refractivity contribution in [3.05, 3.63) is 210 Å². The van der Waals surface area contributed by atoms with E-state index < -0.39 is 0 Å². The number of nitrogens with zero attached hydrogens (tertiary/aromatic N) is 4. The van der Waals surface area contributed by atoms with Crippen molar-refractivity contribution >= 4 is 35.4 Å². The predicted molar refractivity (Wildman–Crippen MR) is 236 cm³/mol. The van der Waals surface area contributed by atoms with Gasteiger partial charge in [0.1, 0.15) is 17.7 Å². The lowest BCUT2D eigenvalue weighted by molar-refractivity contribution is 0.267. The molecule has 4 atom stereocenters. The third kappa shape index (κ3) is 6.55. The van der Waals surface area contributed by atoms with Gasteiger partial charge in [-0.05, 0) is 66.1 Å². The van der Waals surface area contributed by atoms with Crippen LogP contribution in [0.2, 0.25) is 0 Å². The summed E-state index contributed by atoms with van der Waals surface area (Å²) in [6.07, 6.45) is 21.4. The molecule has 0 bridgehead atoms. The molecule has 5 nitrogen and oxygen atoms in total. The van der Waals surface area contributed by atoms with Crippen molar-refractivity contribution in [2.45, 2.75) is 30.8 Å². The number of amidine groups is 2. The van der Waals surface area contributed by atoms with Crippen LogP contribution in [0.1, 0.15) is 46.2 Å². The van der Waals surface area contributed by atoms with Crippen molar-refractivity contribution in [3.8, 4) is 22.6 Å². The number of rotatable bonds is 7. The first kappa shape index (κ1) is 34.6. The summed E-state index contributed by atoms with van der Waals surface area (Å²) in [5, 5.41) is 1.27. The zero-order valence-electron chi connectivity index (χ0n) is 31.7. The summed E-state index contributed by atoms with van der Waals surface area (Å²) in [4.78, 5) is 14.7. The normalized spacial score (nSPS) is 20.8. The number of hydrogen-bond donors (Lipinski definition) is 0. The Labute approximate surface area is 333 Å².